The lowest BCUT2D eigenvalue weighted by molar-refractivity contribution is -0.136. The molecule has 0 spiro atoms. The number of esters is 1. The molecule has 0 saturated carbocycles. The molecule has 2 rings (SSSR count). The third kappa shape index (κ3) is 4.30. The van der Waals surface area contributed by atoms with Crippen molar-refractivity contribution in [2.75, 3.05) is 18.5 Å². The second kappa shape index (κ2) is 8.32. The molecule has 0 atom stereocenters. The smallest absolute Gasteiger partial charge is 0.341 e. The molecule has 2 heterocycles. The van der Waals surface area contributed by atoms with Gasteiger partial charge in [-0.3, -0.25) is 14.5 Å². The number of carbonyl (C=O) groups excluding carboxylic acids is 4. The molecule has 0 aliphatic carbocycles. The first-order chi connectivity index (χ1) is 11.9. The number of nitrogens with one attached hydrogen (secondary N) is 1. The molecule has 1 aromatic heterocycles. The van der Waals surface area contributed by atoms with Crippen molar-refractivity contribution in [3.63, 3.8) is 0 Å². The number of thiocarbonyl (C=S) groups is 1. The number of thiazole rings is 1. The molecule has 1 N–H and O–H groups in total. The monoisotopic (exact) mass is 399 g/mol. The maximum absolute atomic E-state index is 12.5. The second-order valence-electron chi connectivity index (χ2n) is 4.59. The quantitative estimate of drug-likeness (QED) is 0.331. The van der Waals surface area contributed by atoms with Crippen molar-refractivity contribution in [2.45, 2.75) is 13.8 Å². The lowest BCUT2D eigenvalue weighted by Crippen LogP contribution is -2.30. The van der Waals surface area contributed by atoms with E-state index in [-0.39, 0.29) is 44.7 Å². The first kappa shape index (κ1) is 19.2. The molecule has 0 unspecified atom stereocenters. The van der Waals surface area contributed by atoms with Crippen LogP contribution in [0.2, 0.25) is 0 Å². The highest BCUT2D eigenvalue weighted by Crippen LogP contribution is 2.37. The molecular weight excluding hydrogens is 386 g/mol. The Morgan fingerprint density at radius 2 is 2.20 bits per heavy atom. The SMILES string of the molecule is CCOC(=O)C(=C1SC(=S)N(CC=O)C1=O)c1csc(NC(C)=O)n1. The van der Waals surface area contributed by atoms with Gasteiger partial charge in [-0.05, 0) is 6.92 Å². The Labute approximate surface area is 156 Å². The molecule has 1 aliphatic rings. The topological polar surface area (TPSA) is 106 Å². The summed E-state index contributed by atoms with van der Waals surface area (Å²) >= 11 is 7.10. The van der Waals surface area contributed by atoms with Crippen molar-refractivity contribution in [3.8, 4) is 0 Å². The van der Waals surface area contributed by atoms with Crippen molar-refractivity contribution in [1.29, 1.82) is 0 Å². The molecular formula is C14H13N3O5S3. The Hall–Kier alpha value is -2.11. The van der Waals surface area contributed by atoms with Crippen LogP contribution in [0.4, 0.5) is 5.13 Å². The molecule has 0 bridgehead atoms. The standard InChI is InChI=1S/C14H13N3O5S3/c1-3-22-12(21)9(8-6-24-13(16-8)15-7(2)19)10-11(20)17(4-5-18)14(23)25-10/h5-6H,3-4H2,1-2H3,(H,15,16,19). The van der Waals surface area contributed by atoms with Gasteiger partial charge in [0.1, 0.15) is 16.2 Å². The van der Waals surface area contributed by atoms with Gasteiger partial charge in [-0.15, -0.1) is 11.3 Å². The van der Waals surface area contributed by atoms with Crippen LogP contribution in [-0.4, -0.2) is 51.4 Å². The van der Waals surface area contributed by atoms with E-state index in [1.54, 1.807) is 6.92 Å². The van der Waals surface area contributed by atoms with Gasteiger partial charge in [0.15, 0.2) is 5.13 Å². The van der Waals surface area contributed by atoms with Crippen LogP contribution in [0.5, 0.6) is 0 Å². The van der Waals surface area contributed by atoms with Gasteiger partial charge < -0.3 is 14.8 Å². The third-order valence-electron chi connectivity index (χ3n) is 2.86. The Balaban J connectivity index is 2.50. The number of thioether (sulfide) groups is 1. The summed E-state index contributed by atoms with van der Waals surface area (Å²) in [6, 6.07) is 0. The van der Waals surface area contributed by atoms with Gasteiger partial charge in [0.25, 0.3) is 5.91 Å². The van der Waals surface area contributed by atoms with Crippen LogP contribution in [-0.2, 0) is 23.9 Å². The summed E-state index contributed by atoms with van der Waals surface area (Å²) in [5.41, 5.74) is 0.152. The van der Waals surface area contributed by atoms with Crippen LogP contribution < -0.4 is 5.32 Å². The third-order valence-corrected chi connectivity index (χ3v) is 5.06. The zero-order chi connectivity index (χ0) is 18.6. The second-order valence-corrected chi connectivity index (χ2v) is 7.10. The van der Waals surface area contributed by atoms with Gasteiger partial charge in [-0.25, -0.2) is 9.78 Å². The van der Waals surface area contributed by atoms with E-state index in [9.17, 15) is 19.2 Å². The molecule has 132 valence electrons. The van der Waals surface area contributed by atoms with E-state index in [2.05, 4.69) is 10.3 Å². The number of hydrogen-bond acceptors (Lipinski definition) is 9. The summed E-state index contributed by atoms with van der Waals surface area (Å²) in [5, 5.41) is 4.33. The molecule has 11 heteroatoms. The predicted octanol–water partition coefficient (Wildman–Crippen LogP) is 1.43. The largest absolute Gasteiger partial charge is 0.462 e. The van der Waals surface area contributed by atoms with E-state index in [1.807, 2.05) is 0 Å². The minimum absolute atomic E-state index is 0.0412. The Morgan fingerprint density at radius 3 is 2.80 bits per heavy atom. The lowest BCUT2D eigenvalue weighted by Gasteiger charge is -2.10. The van der Waals surface area contributed by atoms with E-state index in [4.69, 9.17) is 17.0 Å². The van der Waals surface area contributed by atoms with E-state index in [0.29, 0.717) is 6.29 Å². The van der Waals surface area contributed by atoms with Crippen molar-refractivity contribution < 1.29 is 23.9 Å². The van der Waals surface area contributed by atoms with Gasteiger partial charge in [-0.2, -0.15) is 0 Å². The minimum atomic E-state index is -0.728. The molecule has 25 heavy (non-hydrogen) atoms. The highest BCUT2D eigenvalue weighted by atomic mass is 32.2. The number of amides is 2. The van der Waals surface area contributed by atoms with E-state index in [1.165, 1.54) is 12.3 Å². The van der Waals surface area contributed by atoms with Crippen LogP contribution in [0.15, 0.2) is 10.3 Å². The highest BCUT2D eigenvalue weighted by Gasteiger charge is 2.37. The number of ether oxygens (including phenoxy) is 1. The van der Waals surface area contributed by atoms with E-state index >= 15 is 0 Å². The molecule has 0 aromatic carbocycles. The van der Waals surface area contributed by atoms with Crippen molar-refractivity contribution >= 4 is 74.4 Å². The fourth-order valence-corrected chi connectivity index (χ4v) is 3.98. The van der Waals surface area contributed by atoms with Crippen LogP contribution in [0.1, 0.15) is 19.5 Å². The van der Waals surface area contributed by atoms with Gasteiger partial charge in [0.2, 0.25) is 5.91 Å². The van der Waals surface area contributed by atoms with Gasteiger partial charge in [0.05, 0.1) is 23.8 Å². The van der Waals surface area contributed by atoms with Crippen LogP contribution in [0.25, 0.3) is 5.57 Å². The number of hydrogen-bond donors (Lipinski definition) is 1. The highest BCUT2D eigenvalue weighted by molar-refractivity contribution is 8.26. The van der Waals surface area contributed by atoms with Crippen molar-refractivity contribution in [3.05, 3.63) is 16.0 Å². The number of aldehydes is 1. The first-order valence-electron chi connectivity index (χ1n) is 7.01. The van der Waals surface area contributed by atoms with Crippen LogP contribution >= 0.6 is 35.3 Å². The fourth-order valence-electron chi connectivity index (χ4n) is 1.89. The van der Waals surface area contributed by atoms with Crippen LogP contribution in [0, 0.1) is 0 Å². The zero-order valence-electron chi connectivity index (χ0n) is 13.2. The van der Waals surface area contributed by atoms with Crippen LogP contribution in [0.3, 0.4) is 0 Å². The number of aromatic nitrogens is 1. The van der Waals surface area contributed by atoms with Crippen molar-refractivity contribution in [2.24, 2.45) is 0 Å². The Kier molecular flexibility index (Phi) is 6.39. The van der Waals surface area contributed by atoms with E-state index < -0.39 is 11.9 Å². The minimum Gasteiger partial charge on any atom is -0.462 e. The number of rotatable bonds is 6. The first-order valence-corrected chi connectivity index (χ1v) is 9.11. The van der Waals surface area contributed by atoms with Gasteiger partial charge in [0, 0.05) is 12.3 Å². The van der Waals surface area contributed by atoms with E-state index in [0.717, 1.165) is 28.0 Å². The average molecular weight is 399 g/mol. The number of carbonyl (C=O) groups is 4. The maximum Gasteiger partial charge on any atom is 0.341 e. The molecule has 1 fully saturated rings. The lowest BCUT2D eigenvalue weighted by atomic mass is 10.2. The Morgan fingerprint density at radius 1 is 1.48 bits per heavy atom. The average Bonchev–Trinajstić information content (AvgIpc) is 3.08. The zero-order valence-corrected chi connectivity index (χ0v) is 15.7. The summed E-state index contributed by atoms with van der Waals surface area (Å²) in [6.07, 6.45) is 0.551. The van der Waals surface area contributed by atoms with Gasteiger partial charge in [-0.1, -0.05) is 24.0 Å². The summed E-state index contributed by atoms with van der Waals surface area (Å²) in [7, 11) is 0. The summed E-state index contributed by atoms with van der Waals surface area (Å²) in [4.78, 5) is 52.0. The van der Waals surface area contributed by atoms with Crippen molar-refractivity contribution in [1.82, 2.24) is 9.88 Å². The summed E-state index contributed by atoms with van der Waals surface area (Å²) in [5.74, 6) is -1.59. The molecule has 0 radical (unpaired) electrons. The molecule has 1 aliphatic heterocycles. The number of nitrogens with zero attached hydrogens (tertiary/aromatic N) is 2. The molecule has 2 amide bonds. The van der Waals surface area contributed by atoms with Gasteiger partial charge >= 0.3 is 5.97 Å². The number of anilines is 1. The Bertz CT molecular complexity index is 786. The molecule has 8 nitrogen and oxygen atoms in total. The summed E-state index contributed by atoms with van der Waals surface area (Å²) < 4.78 is 5.20. The normalized spacial score (nSPS) is 16.0. The predicted molar refractivity (Wildman–Crippen MR) is 97.9 cm³/mol. The maximum atomic E-state index is 12.5. The summed E-state index contributed by atoms with van der Waals surface area (Å²) in [6.45, 7) is 2.88. The molecule has 1 aromatic rings. The fraction of sp³-hybridized carbons (Fsp3) is 0.286. The molecule has 1 saturated heterocycles.